The minimum Gasteiger partial charge on any atom is -0.352 e. The van der Waals surface area contributed by atoms with Crippen molar-refractivity contribution < 1.29 is 18.0 Å². The van der Waals surface area contributed by atoms with Crippen LogP contribution in [0.15, 0.2) is 18.2 Å². The molecule has 0 aliphatic rings. The molecule has 8 heteroatoms. The van der Waals surface area contributed by atoms with Gasteiger partial charge in [0.25, 0.3) is 5.91 Å². The summed E-state index contributed by atoms with van der Waals surface area (Å²) in [5.74, 6) is -0.237. The minimum atomic E-state index is -3.52. The van der Waals surface area contributed by atoms with Crippen LogP contribution in [0, 0.1) is 5.92 Å². The molecule has 0 saturated heterocycles. The molecule has 0 bridgehead atoms. The van der Waals surface area contributed by atoms with Crippen LogP contribution >= 0.6 is 0 Å². The zero-order chi connectivity index (χ0) is 17.6. The third-order valence-corrected chi connectivity index (χ3v) is 3.48. The van der Waals surface area contributed by atoms with Gasteiger partial charge >= 0.3 is 0 Å². The second kappa shape index (κ2) is 7.96. The fourth-order valence-corrected chi connectivity index (χ4v) is 2.45. The summed E-state index contributed by atoms with van der Waals surface area (Å²) in [6, 6.07) is 4.42. The van der Waals surface area contributed by atoms with Crippen LogP contribution in [-0.4, -0.2) is 33.0 Å². The third kappa shape index (κ3) is 7.14. The second-order valence-electron chi connectivity index (χ2n) is 5.75. The van der Waals surface area contributed by atoms with Crippen molar-refractivity contribution >= 4 is 33.2 Å². The normalized spacial score (nSPS) is 11.2. The summed E-state index contributed by atoms with van der Waals surface area (Å²) in [7, 11) is -3.52. The van der Waals surface area contributed by atoms with Crippen molar-refractivity contribution in [3.8, 4) is 0 Å². The van der Waals surface area contributed by atoms with Crippen LogP contribution in [0.25, 0.3) is 0 Å². The molecule has 23 heavy (non-hydrogen) atoms. The highest BCUT2D eigenvalue weighted by molar-refractivity contribution is 7.92. The van der Waals surface area contributed by atoms with Crippen molar-refractivity contribution in [1.82, 2.24) is 5.32 Å². The second-order valence-corrected chi connectivity index (χ2v) is 7.50. The van der Waals surface area contributed by atoms with Crippen molar-refractivity contribution in [2.24, 2.45) is 5.92 Å². The Balaban J connectivity index is 3.06. The lowest BCUT2D eigenvalue weighted by molar-refractivity contribution is -0.114. The SMILES string of the molecule is CC(=O)Nc1ccc(NS(C)(=O)=O)c(C(=O)NCCC(C)C)c1. The molecule has 0 aliphatic carbocycles. The fraction of sp³-hybridized carbons (Fsp3) is 0.467. The Hall–Kier alpha value is -2.09. The number of amides is 2. The van der Waals surface area contributed by atoms with Crippen LogP contribution in [0.4, 0.5) is 11.4 Å². The average molecular weight is 341 g/mol. The standard InChI is InChI=1S/C15H23N3O4S/c1-10(2)7-8-16-15(20)13-9-12(17-11(3)19)5-6-14(13)18-23(4,21)22/h5-6,9-10,18H,7-8H2,1-4H3,(H,16,20)(H,17,19). The lowest BCUT2D eigenvalue weighted by atomic mass is 10.1. The van der Waals surface area contributed by atoms with E-state index in [-0.39, 0.29) is 17.2 Å². The maximum Gasteiger partial charge on any atom is 0.253 e. The number of anilines is 2. The van der Waals surface area contributed by atoms with Gasteiger partial charge in [-0.3, -0.25) is 14.3 Å². The molecule has 0 unspecified atom stereocenters. The summed E-state index contributed by atoms with van der Waals surface area (Å²) < 4.78 is 25.2. The zero-order valence-corrected chi connectivity index (χ0v) is 14.6. The molecule has 0 saturated carbocycles. The summed E-state index contributed by atoms with van der Waals surface area (Å²) in [6.45, 7) is 5.92. The van der Waals surface area contributed by atoms with Crippen LogP contribution in [-0.2, 0) is 14.8 Å². The molecule has 128 valence electrons. The Morgan fingerprint density at radius 2 is 1.87 bits per heavy atom. The number of sulfonamides is 1. The van der Waals surface area contributed by atoms with Gasteiger partial charge in [-0.2, -0.15) is 0 Å². The highest BCUT2D eigenvalue weighted by Crippen LogP contribution is 2.22. The minimum absolute atomic E-state index is 0.158. The summed E-state index contributed by atoms with van der Waals surface area (Å²) in [5, 5.41) is 5.32. The van der Waals surface area contributed by atoms with E-state index in [9.17, 15) is 18.0 Å². The number of benzene rings is 1. The van der Waals surface area contributed by atoms with Crippen molar-refractivity contribution in [1.29, 1.82) is 0 Å². The summed E-state index contributed by atoms with van der Waals surface area (Å²) in [5.41, 5.74) is 0.750. The molecule has 0 radical (unpaired) electrons. The molecule has 0 atom stereocenters. The molecule has 1 aromatic carbocycles. The van der Waals surface area contributed by atoms with E-state index < -0.39 is 15.9 Å². The van der Waals surface area contributed by atoms with E-state index in [4.69, 9.17) is 0 Å². The molecular weight excluding hydrogens is 318 g/mol. The average Bonchev–Trinajstić information content (AvgIpc) is 2.37. The Morgan fingerprint density at radius 1 is 1.22 bits per heavy atom. The van der Waals surface area contributed by atoms with Crippen molar-refractivity contribution in [3.63, 3.8) is 0 Å². The van der Waals surface area contributed by atoms with Gasteiger partial charge in [0.1, 0.15) is 0 Å². The Kier molecular flexibility index (Phi) is 6.56. The molecule has 0 heterocycles. The van der Waals surface area contributed by atoms with Gasteiger partial charge in [0.2, 0.25) is 15.9 Å². The van der Waals surface area contributed by atoms with E-state index in [0.717, 1.165) is 12.7 Å². The first-order valence-electron chi connectivity index (χ1n) is 7.26. The van der Waals surface area contributed by atoms with Gasteiger partial charge < -0.3 is 10.6 Å². The summed E-state index contributed by atoms with van der Waals surface area (Å²) in [4.78, 5) is 23.4. The molecular formula is C15H23N3O4S. The van der Waals surface area contributed by atoms with E-state index in [0.29, 0.717) is 18.2 Å². The summed E-state index contributed by atoms with van der Waals surface area (Å²) in [6.07, 6.45) is 1.82. The van der Waals surface area contributed by atoms with Gasteiger partial charge in [-0.25, -0.2) is 8.42 Å². The van der Waals surface area contributed by atoms with Crippen LogP contribution in [0.2, 0.25) is 0 Å². The predicted molar refractivity (Wildman–Crippen MR) is 91.0 cm³/mol. The van der Waals surface area contributed by atoms with Gasteiger partial charge in [-0.05, 0) is 30.5 Å². The first-order valence-corrected chi connectivity index (χ1v) is 9.15. The largest absolute Gasteiger partial charge is 0.352 e. The van der Waals surface area contributed by atoms with Crippen LogP contribution in [0.3, 0.4) is 0 Å². The van der Waals surface area contributed by atoms with Crippen molar-refractivity contribution in [3.05, 3.63) is 23.8 Å². The maximum atomic E-state index is 12.3. The number of hydrogen-bond donors (Lipinski definition) is 3. The number of rotatable bonds is 7. The Morgan fingerprint density at radius 3 is 2.39 bits per heavy atom. The van der Waals surface area contributed by atoms with Gasteiger partial charge in [-0.15, -0.1) is 0 Å². The van der Waals surface area contributed by atoms with Crippen molar-refractivity contribution in [2.75, 3.05) is 22.8 Å². The molecule has 1 aromatic rings. The number of nitrogens with one attached hydrogen (secondary N) is 3. The van der Waals surface area contributed by atoms with E-state index in [1.807, 2.05) is 13.8 Å². The van der Waals surface area contributed by atoms with E-state index in [2.05, 4.69) is 15.4 Å². The molecule has 2 amide bonds. The van der Waals surface area contributed by atoms with Crippen LogP contribution < -0.4 is 15.4 Å². The van der Waals surface area contributed by atoms with E-state index >= 15 is 0 Å². The predicted octanol–water partition coefficient (Wildman–Crippen LogP) is 1.79. The van der Waals surface area contributed by atoms with Crippen molar-refractivity contribution in [2.45, 2.75) is 27.2 Å². The highest BCUT2D eigenvalue weighted by Gasteiger charge is 2.15. The van der Waals surface area contributed by atoms with Gasteiger partial charge in [0.15, 0.2) is 0 Å². The van der Waals surface area contributed by atoms with Gasteiger partial charge in [0.05, 0.1) is 17.5 Å². The third-order valence-electron chi connectivity index (χ3n) is 2.89. The molecule has 0 spiro atoms. The number of carbonyl (C=O) groups is 2. The molecule has 7 nitrogen and oxygen atoms in total. The first kappa shape index (κ1) is 19.0. The van der Waals surface area contributed by atoms with E-state index in [1.54, 1.807) is 0 Å². The maximum absolute atomic E-state index is 12.3. The first-order chi connectivity index (χ1) is 10.6. The van der Waals surface area contributed by atoms with Gasteiger partial charge in [0, 0.05) is 19.2 Å². The molecule has 0 aromatic heterocycles. The van der Waals surface area contributed by atoms with Crippen LogP contribution in [0.5, 0.6) is 0 Å². The molecule has 1 rings (SSSR count). The lowest BCUT2D eigenvalue weighted by Gasteiger charge is -2.13. The Bertz CT molecular complexity index is 684. The molecule has 3 N–H and O–H groups in total. The number of carbonyl (C=O) groups excluding carboxylic acids is 2. The van der Waals surface area contributed by atoms with Gasteiger partial charge in [-0.1, -0.05) is 13.8 Å². The quantitative estimate of drug-likeness (QED) is 0.703. The topological polar surface area (TPSA) is 104 Å². The molecule has 0 aliphatic heterocycles. The fourth-order valence-electron chi connectivity index (χ4n) is 1.87. The monoisotopic (exact) mass is 341 g/mol. The Labute approximate surface area is 136 Å². The lowest BCUT2D eigenvalue weighted by Crippen LogP contribution is -2.27. The number of hydrogen-bond acceptors (Lipinski definition) is 4. The molecule has 0 fully saturated rings. The van der Waals surface area contributed by atoms with E-state index in [1.165, 1.54) is 25.1 Å². The smallest absolute Gasteiger partial charge is 0.253 e. The van der Waals surface area contributed by atoms with Crippen LogP contribution in [0.1, 0.15) is 37.6 Å². The zero-order valence-electron chi connectivity index (χ0n) is 13.8. The highest BCUT2D eigenvalue weighted by atomic mass is 32.2. The summed E-state index contributed by atoms with van der Waals surface area (Å²) >= 11 is 0.